The predicted octanol–water partition coefficient (Wildman–Crippen LogP) is 0.574. The van der Waals surface area contributed by atoms with Crippen molar-refractivity contribution in [3.05, 3.63) is 12.5 Å². The van der Waals surface area contributed by atoms with Gasteiger partial charge in [0.2, 0.25) is 5.95 Å². The van der Waals surface area contributed by atoms with Gasteiger partial charge >= 0.3 is 0 Å². The van der Waals surface area contributed by atoms with E-state index in [-0.39, 0.29) is 6.54 Å². The van der Waals surface area contributed by atoms with Crippen LogP contribution in [0.15, 0.2) is 12.5 Å². The Balaban J connectivity index is 1.78. The van der Waals surface area contributed by atoms with Crippen molar-refractivity contribution >= 4 is 28.6 Å². The summed E-state index contributed by atoms with van der Waals surface area (Å²) in [5.41, 5.74) is 1.79. The van der Waals surface area contributed by atoms with Crippen molar-refractivity contribution in [3.8, 4) is 5.88 Å². The van der Waals surface area contributed by atoms with E-state index in [0.717, 1.165) is 4.79 Å². The van der Waals surface area contributed by atoms with Crippen molar-refractivity contribution < 1.29 is 9.13 Å². The maximum absolute atomic E-state index is 13.6. The Morgan fingerprint density at radius 2 is 2.24 bits per heavy atom. The first-order valence-corrected chi connectivity index (χ1v) is 7.79. The van der Waals surface area contributed by atoms with Gasteiger partial charge in [0, 0.05) is 13.6 Å². The number of halogens is 1. The summed E-state index contributed by atoms with van der Waals surface area (Å²) in [6, 6.07) is 0. The van der Waals surface area contributed by atoms with Gasteiger partial charge in [-0.3, -0.25) is 0 Å². The maximum atomic E-state index is 13.6. The number of hydrogen-bond donors (Lipinski definition) is 2. The first-order valence-electron chi connectivity index (χ1n) is 7.79. The van der Waals surface area contributed by atoms with Crippen LogP contribution < -0.4 is 20.8 Å². The first kappa shape index (κ1) is 15.4. The van der Waals surface area contributed by atoms with E-state index >= 15 is 0 Å². The fourth-order valence-electron chi connectivity index (χ4n) is 2.86. The molecule has 1 aliphatic heterocycles. The van der Waals surface area contributed by atoms with Crippen LogP contribution in [0.1, 0.15) is 6.42 Å². The summed E-state index contributed by atoms with van der Waals surface area (Å²) in [5.74, 6) is 6.92. The molecule has 0 aliphatic carbocycles. The van der Waals surface area contributed by atoms with Crippen LogP contribution in [0.4, 0.5) is 21.8 Å². The highest BCUT2D eigenvalue weighted by Gasteiger charge is 2.26. The summed E-state index contributed by atoms with van der Waals surface area (Å²) >= 11 is 0. The average molecular weight is 347 g/mol. The van der Waals surface area contributed by atoms with Gasteiger partial charge in [0.25, 0.3) is 5.88 Å². The van der Waals surface area contributed by atoms with Gasteiger partial charge in [0.05, 0.1) is 26.2 Å². The molecule has 0 spiro atoms. The van der Waals surface area contributed by atoms with Crippen molar-refractivity contribution in [1.29, 1.82) is 0 Å². The lowest BCUT2D eigenvalue weighted by atomic mass is 10.3. The molecule has 10 nitrogen and oxygen atoms in total. The molecule has 0 aromatic carbocycles. The molecule has 1 fully saturated rings. The van der Waals surface area contributed by atoms with E-state index in [0.29, 0.717) is 47.5 Å². The third-order valence-electron chi connectivity index (χ3n) is 4.11. The van der Waals surface area contributed by atoms with Crippen molar-refractivity contribution in [2.75, 3.05) is 36.3 Å². The summed E-state index contributed by atoms with van der Waals surface area (Å²) in [6.07, 6.45) is 2.84. The van der Waals surface area contributed by atoms with Gasteiger partial charge < -0.3 is 25.4 Å². The smallest absolute Gasteiger partial charge is 0.258 e. The van der Waals surface area contributed by atoms with Crippen LogP contribution in [0.25, 0.3) is 11.2 Å². The fourth-order valence-corrected chi connectivity index (χ4v) is 2.86. The Kier molecular flexibility index (Phi) is 3.55. The molecule has 25 heavy (non-hydrogen) atoms. The molecule has 3 aromatic rings. The number of nitrogens with zero attached hydrogens (tertiary/aromatic N) is 7. The molecule has 1 saturated heterocycles. The molecular weight excluding hydrogens is 329 g/mol. The van der Waals surface area contributed by atoms with E-state index in [4.69, 9.17) is 10.6 Å². The standard InChI is InChI=1S/C14H18FN9O/c1-22-7-17-10-11(18-9-6-24(16)21-13(9)25-2)19-14(20-12(10)22)23-4-3-8(15)5-23/h6-8H,3-5,16H2,1-2H3,(H,18,19,20)/t8-/m0/s1. The van der Waals surface area contributed by atoms with Crippen molar-refractivity contribution in [1.82, 2.24) is 29.4 Å². The second-order valence-electron chi connectivity index (χ2n) is 5.89. The molecule has 0 amide bonds. The predicted molar refractivity (Wildman–Crippen MR) is 90.2 cm³/mol. The van der Waals surface area contributed by atoms with E-state index in [9.17, 15) is 4.39 Å². The molecule has 0 bridgehead atoms. The summed E-state index contributed by atoms with van der Waals surface area (Å²) < 4.78 is 20.6. The molecular formula is C14H18FN9O. The number of hydrogen-bond acceptors (Lipinski definition) is 8. The minimum absolute atomic E-state index is 0.285. The summed E-state index contributed by atoms with van der Waals surface area (Å²) in [5, 5.41) is 7.14. The molecule has 11 heteroatoms. The topological polar surface area (TPSA) is 112 Å². The Hall–Kier alpha value is -3.11. The number of fused-ring (bicyclic) bond motifs is 1. The summed E-state index contributed by atoms with van der Waals surface area (Å²) in [7, 11) is 3.34. The Morgan fingerprint density at radius 1 is 1.40 bits per heavy atom. The zero-order valence-corrected chi connectivity index (χ0v) is 13.8. The quantitative estimate of drug-likeness (QED) is 0.659. The van der Waals surface area contributed by atoms with E-state index in [1.807, 2.05) is 11.9 Å². The first-order chi connectivity index (χ1) is 12.0. The number of alkyl halides is 1. The van der Waals surface area contributed by atoms with Gasteiger partial charge in [-0.1, -0.05) is 0 Å². The van der Waals surface area contributed by atoms with Crippen LogP contribution in [-0.4, -0.2) is 55.8 Å². The van der Waals surface area contributed by atoms with Crippen LogP contribution in [0.2, 0.25) is 0 Å². The monoisotopic (exact) mass is 347 g/mol. The molecule has 132 valence electrons. The van der Waals surface area contributed by atoms with Crippen LogP contribution in [0.5, 0.6) is 5.88 Å². The number of nitrogens with one attached hydrogen (secondary N) is 1. The van der Waals surface area contributed by atoms with Crippen molar-refractivity contribution in [2.24, 2.45) is 7.05 Å². The number of imidazole rings is 1. The minimum atomic E-state index is -0.863. The third kappa shape index (κ3) is 2.66. The van der Waals surface area contributed by atoms with Crippen LogP contribution >= 0.6 is 0 Å². The van der Waals surface area contributed by atoms with Crippen LogP contribution in [-0.2, 0) is 7.05 Å². The van der Waals surface area contributed by atoms with E-state index in [2.05, 4.69) is 25.4 Å². The molecule has 0 unspecified atom stereocenters. The lowest BCUT2D eigenvalue weighted by Crippen LogP contribution is -2.23. The lowest BCUT2D eigenvalue weighted by molar-refractivity contribution is 0.364. The molecule has 0 radical (unpaired) electrons. The van der Waals surface area contributed by atoms with Gasteiger partial charge in [0.1, 0.15) is 11.9 Å². The molecule has 4 rings (SSSR count). The average Bonchev–Trinajstić information content (AvgIpc) is 3.27. The molecule has 4 heterocycles. The molecule has 3 aromatic heterocycles. The third-order valence-corrected chi connectivity index (χ3v) is 4.11. The number of methoxy groups -OCH3 is 1. The Morgan fingerprint density at radius 3 is 2.96 bits per heavy atom. The SMILES string of the molecule is COc1nn(N)cc1Nc1nc(N2CC[C@H](F)C2)nc2c1ncn2C. The molecule has 3 N–H and O–H groups in total. The van der Waals surface area contributed by atoms with Gasteiger partial charge in [-0.15, -0.1) is 5.10 Å². The van der Waals surface area contributed by atoms with E-state index in [1.165, 1.54) is 7.11 Å². The number of nitrogens with two attached hydrogens (primary N) is 1. The minimum Gasteiger partial charge on any atom is -0.478 e. The lowest BCUT2D eigenvalue weighted by Gasteiger charge is -2.16. The second-order valence-corrected chi connectivity index (χ2v) is 5.89. The highest BCUT2D eigenvalue weighted by Crippen LogP contribution is 2.30. The van der Waals surface area contributed by atoms with Gasteiger partial charge in [0.15, 0.2) is 17.0 Å². The van der Waals surface area contributed by atoms with Crippen LogP contribution in [0, 0.1) is 0 Å². The fraction of sp³-hybridized carbons (Fsp3) is 0.429. The highest BCUT2D eigenvalue weighted by atomic mass is 19.1. The normalized spacial score (nSPS) is 17.4. The number of aromatic nitrogens is 6. The number of anilines is 3. The van der Waals surface area contributed by atoms with Crippen LogP contribution in [0.3, 0.4) is 0 Å². The maximum Gasteiger partial charge on any atom is 0.258 e. The van der Waals surface area contributed by atoms with Gasteiger partial charge in [-0.25, -0.2) is 9.37 Å². The molecule has 0 saturated carbocycles. The second kappa shape index (κ2) is 5.76. The van der Waals surface area contributed by atoms with E-state index < -0.39 is 6.17 Å². The summed E-state index contributed by atoms with van der Waals surface area (Å²) in [6.45, 7) is 0.862. The Labute approximate surface area is 142 Å². The highest BCUT2D eigenvalue weighted by molar-refractivity contribution is 5.87. The zero-order chi connectivity index (χ0) is 17.6. The van der Waals surface area contributed by atoms with Crippen molar-refractivity contribution in [3.63, 3.8) is 0 Å². The molecule has 1 aliphatic rings. The van der Waals surface area contributed by atoms with E-state index in [1.54, 1.807) is 17.1 Å². The van der Waals surface area contributed by atoms with Crippen molar-refractivity contribution in [2.45, 2.75) is 12.6 Å². The summed E-state index contributed by atoms with van der Waals surface area (Å²) in [4.78, 5) is 16.4. The number of aryl methyl sites for hydroxylation is 1. The number of nitrogen functional groups attached to an aromatic ring is 1. The van der Waals surface area contributed by atoms with Gasteiger partial charge in [-0.2, -0.15) is 14.8 Å². The number of rotatable bonds is 4. The largest absolute Gasteiger partial charge is 0.478 e. The Bertz CT molecular complexity index is 921. The zero-order valence-electron chi connectivity index (χ0n) is 13.8. The number of ether oxygens (including phenoxy) is 1. The van der Waals surface area contributed by atoms with Gasteiger partial charge in [-0.05, 0) is 6.42 Å². The molecule has 1 atom stereocenters.